The van der Waals surface area contributed by atoms with Gasteiger partial charge in [0.05, 0.1) is 12.5 Å². The summed E-state index contributed by atoms with van der Waals surface area (Å²) in [6.07, 6.45) is 2.78. The van der Waals surface area contributed by atoms with E-state index in [1.54, 1.807) is 12.1 Å². The number of hydrogen-bond donors (Lipinski definition) is 1. The van der Waals surface area contributed by atoms with Crippen molar-refractivity contribution in [2.24, 2.45) is 0 Å². The molecule has 16 heavy (non-hydrogen) atoms. The normalized spacial score (nSPS) is 10.1. The molecule has 0 spiro atoms. The summed E-state index contributed by atoms with van der Waals surface area (Å²) in [7, 11) is 0. The highest BCUT2D eigenvalue weighted by Gasteiger charge is 2.07. The van der Waals surface area contributed by atoms with Crippen LogP contribution in [0.4, 0.5) is 4.39 Å². The zero-order valence-corrected chi connectivity index (χ0v) is 8.31. The monoisotopic (exact) mass is 220 g/mol. The second-order valence-corrected chi connectivity index (χ2v) is 3.17. The van der Waals surface area contributed by atoms with Crippen molar-refractivity contribution in [3.05, 3.63) is 53.9 Å². The highest BCUT2D eigenvalue weighted by molar-refractivity contribution is 5.86. The third-order valence-corrected chi connectivity index (χ3v) is 2.00. The average molecular weight is 220 g/mol. The number of rotatable bonds is 3. The predicted molar refractivity (Wildman–Crippen MR) is 54.1 cm³/mol. The SMILES string of the molecule is O=C(OCc1ccc(F)cc1)c1cnc[nH]1. The highest BCUT2D eigenvalue weighted by Crippen LogP contribution is 2.05. The van der Waals surface area contributed by atoms with E-state index in [0.29, 0.717) is 5.69 Å². The van der Waals surface area contributed by atoms with Gasteiger partial charge in [-0.05, 0) is 17.7 Å². The molecule has 0 bridgehead atoms. The van der Waals surface area contributed by atoms with E-state index >= 15 is 0 Å². The molecule has 0 saturated carbocycles. The molecule has 0 radical (unpaired) electrons. The number of imidazole rings is 1. The number of benzene rings is 1. The Balaban J connectivity index is 1.93. The fourth-order valence-electron chi connectivity index (χ4n) is 1.17. The van der Waals surface area contributed by atoms with E-state index in [9.17, 15) is 9.18 Å². The number of aromatic nitrogens is 2. The minimum Gasteiger partial charge on any atom is -0.456 e. The molecule has 0 aliphatic carbocycles. The number of halogens is 1. The zero-order chi connectivity index (χ0) is 11.4. The predicted octanol–water partition coefficient (Wildman–Crippen LogP) is 1.91. The molecule has 2 aromatic rings. The lowest BCUT2D eigenvalue weighted by atomic mass is 10.2. The van der Waals surface area contributed by atoms with Gasteiger partial charge in [-0.3, -0.25) is 0 Å². The third kappa shape index (κ3) is 2.44. The summed E-state index contributed by atoms with van der Waals surface area (Å²) >= 11 is 0. The Morgan fingerprint density at radius 1 is 1.38 bits per heavy atom. The lowest BCUT2D eigenvalue weighted by Gasteiger charge is -2.02. The van der Waals surface area contributed by atoms with Crippen LogP contribution in [0.25, 0.3) is 0 Å². The molecular formula is C11H9FN2O2. The molecule has 0 saturated heterocycles. The molecule has 0 amide bonds. The highest BCUT2D eigenvalue weighted by atomic mass is 19.1. The van der Waals surface area contributed by atoms with Crippen molar-refractivity contribution in [1.82, 2.24) is 9.97 Å². The van der Waals surface area contributed by atoms with Gasteiger partial charge >= 0.3 is 5.97 Å². The van der Waals surface area contributed by atoms with Crippen LogP contribution in [0.2, 0.25) is 0 Å². The molecule has 0 unspecified atom stereocenters. The van der Waals surface area contributed by atoms with Crippen LogP contribution in [0.5, 0.6) is 0 Å². The Hall–Kier alpha value is -2.17. The van der Waals surface area contributed by atoms with E-state index in [2.05, 4.69) is 9.97 Å². The Morgan fingerprint density at radius 3 is 2.75 bits per heavy atom. The largest absolute Gasteiger partial charge is 0.456 e. The number of carbonyl (C=O) groups excluding carboxylic acids is 1. The van der Waals surface area contributed by atoms with Gasteiger partial charge in [-0.2, -0.15) is 0 Å². The number of carbonyl (C=O) groups is 1. The van der Waals surface area contributed by atoms with Crippen molar-refractivity contribution in [3.63, 3.8) is 0 Å². The van der Waals surface area contributed by atoms with Gasteiger partial charge in [-0.1, -0.05) is 12.1 Å². The van der Waals surface area contributed by atoms with Gasteiger partial charge in [0.25, 0.3) is 0 Å². The summed E-state index contributed by atoms with van der Waals surface area (Å²) in [5.41, 5.74) is 1.02. The van der Waals surface area contributed by atoms with E-state index in [0.717, 1.165) is 5.56 Å². The maximum atomic E-state index is 12.6. The van der Waals surface area contributed by atoms with Gasteiger partial charge in [0, 0.05) is 0 Å². The molecule has 5 heteroatoms. The summed E-state index contributed by atoms with van der Waals surface area (Å²) in [6.45, 7) is 0.109. The standard InChI is InChI=1S/C11H9FN2O2/c12-9-3-1-8(2-4-9)6-16-11(15)10-5-13-7-14-10/h1-5,7H,6H2,(H,13,14). The topological polar surface area (TPSA) is 55.0 Å². The van der Waals surface area contributed by atoms with E-state index in [-0.39, 0.29) is 12.4 Å². The van der Waals surface area contributed by atoms with Crippen LogP contribution < -0.4 is 0 Å². The maximum Gasteiger partial charge on any atom is 0.356 e. The summed E-state index contributed by atoms with van der Waals surface area (Å²) < 4.78 is 17.6. The zero-order valence-electron chi connectivity index (χ0n) is 8.31. The van der Waals surface area contributed by atoms with Crippen molar-refractivity contribution in [3.8, 4) is 0 Å². The van der Waals surface area contributed by atoms with Gasteiger partial charge < -0.3 is 9.72 Å². The number of nitrogens with zero attached hydrogens (tertiary/aromatic N) is 1. The Bertz CT molecular complexity index is 465. The first-order chi connectivity index (χ1) is 7.75. The maximum absolute atomic E-state index is 12.6. The number of nitrogens with one attached hydrogen (secondary N) is 1. The van der Waals surface area contributed by atoms with E-state index in [1.807, 2.05) is 0 Å². The van der Waals surface area contributed by atoms with E-state index < -0.39 is 5.97 Å². The minimum atomic E-state index is -0.484. The fourth-order valence-corrected chi connectivity index (χ4v) is 1.17. The molecule has 1 aromatic carbocycles. The average Bonchev–Trinajstić information content (AvgIpc) is 2.81. The molecule has 1 aromatic heterocycles. The van der Waals surface area contributed by atoms with Gasteiger partial charge in [0.1, 0.15) is 18.1 Å². The lowest BCUT2D eigenvalue weighted by molar-refractivity contribution is 0.0466. The van der Waals surface area contributed by atoms with Crippen molar-refractivity contribution >= 4 is 5.97 Å². The third-order valence-electron chi connectivity index (χ3n) is 2.00. The first-order valence-corrected chi connectivity index (χ1v) is 4.65. The molecule has 2 rings (SSSR count). The van der Waals surface area contributed by atoms with Crippen molar-refractivity contribution in [1.29, 1.82) is 0 Å². The summed E-state index contributed by atoms with van der Waals surface area (Å²) in [5, 5.41) is 0. The van der Waals surface area contributed by atoms with Gasteiger partial charge in [-0.15, -0.1) is 0 Å². The molecule has 0 aliphatic heterocycles. The van der Waals surface area contributed by atoms with Crippen LogP contribution in [0.3, 0.4) is 0 Å². The molecule has 0 fully saturated rings. The molecule has 0 aliphatic rings. The summed E-state index contributed by atoms with van der Waals surface area (Å²) in [4.78, 5) is 17.7. The van der Waals surface area contributed by atoms with Crippen LogP contribution >= 0.6 is 0 Å². The van der Waals surface area contributed by atoms with Crippen molar-refractivity contribution < 1.29 is 13.9 Å². The van der Waals surface area contributed by atoms with E-state index in [4.69, 9.17) is 4.74 Å². The fraction of sp³-hybridized carbons (Fsp3) is 0.0909. The van der Waals surface area contributed by atoms with Crippen LogP contribution in [0, 0.1) is 5.82 Å². The number of aromatic amines is 1. The smallest absolute Gasteiger partial charge is 0.356 e. The first kappa shape index (κ1) is 10.4. The molecule has 4 nitrogen and oxygen atoms in total. The molecule has 1 heterocycles. The van der Waals surface area contributed by atoms with Gasteiger partial charge in [0.15, 0.2) is 0 Å². The number of esters is 1. The second kappa shape index (κ2) is 4.57. The van der Waals surface area contributed by atoms with Crippen molar-refractivity contribution in [2.75, 3.05) is 0 Å². The van der Waals surface area contributed by atoms with Crippen LogP contribution in [0.15, 0.2) is 36.8 Å². The first-order valence-electron chi connectivity index (χ1n) is 4.65. The summed E-state index contributed by atoms with van der Waals surface area (Å²) in [5.74, 6) is -0.800. The van der Waals surface area contributed by atoms with Crippen LogP contribution in [-0.2, 0) is 11.3 Å². The van der Waals surface area contributed by atoms with Crippen LogP contribution in [-0.4, -0.2) is 15.9 Å². The lowest BCUT2D eigenvalue weighted by Crippen LogP contribution is -2.05. The molecule has 82 valence electrons. The number of hydrogen-bond acceptors (Lipinski definition) is 3. The minimum absolute atomic E-state index is 0.109. The quantitative estimate of drug-likeness (QED) is 0.804. The van der Waals surface area contributed by atoms with Crippen LogP contribution in [0.1, 0.15) is 16.1 Å². The second-order valence-electron chi connectivity index (χ2n) is 3.17. The molecule has 1 N–H and O–H groups in total. The Kier molecular flexibility index (Phi) is 2.95. The Morgan fingerprint density at radius 2 is 2.12 bits per heavy atom. The number of H-pyrrole nitrogens is 1. The Labute approximate surface area is 91.1 Å². The van der Waals surface area contributed by atoms with Gasteiger partial charge in [-0.25, -0.2) is 14.2 Å². The molecule has 0 atom stereocenters. The van der Waals surface area contributed by atoms with E-state index in [1.165, 1.54) is 24.7 Å². The summed E-state index contributed by atoms with van der Waals surface area (Å²) in [6, 6.07) is 5.77. The number of ether oxygens (including phenoxy) is 1. The van der Waals surface area contributed by atoms with Gasteiger partial charge in [0.2, 0.25) is 0 Å². The van der Waals surface area contributed by atoms with Crippen molar-refractivity contribution in [2.45, 2.75) is 6.61 Å². The molecular weight excluding hydrogens is 211 g/mol.